The van der Waals surface area contributed by atoms with Crippen LogP contribution in [0.5, 0.6) is 5.75 Å². The molecule has 1 fully saturated rings. The second-order valence-electron chi connectivity index (χ2n) is 8.32. The number of thiazole rings is 1. The Morgan fingerprint density at radius 1 is 1.35 bits per heavy atom. The number of halogens is 3. The molecule has 1 aromatic carbocycles. The molecule has 2 amide bonds. The number of nitrogen functional groups attached to an aromatic ring is 1. The van der Waals surface area contributed by atoms with Gasteiger partial charge in [-0.25, -0.2) is 9.37 Å². The molecule has 0 radical (unpaired) electrons. The summed E-state index contributed by atoms with van der Waals surface area (Å²) in [6.45, 7) is 5.04. The smallest absolute Gasteiger partial charge is 0.258 e. The van der Waals surface area contributed by atoms with E-state index in [-0.39, 0.29) is 56.6 Å². The third-order valence-electron chi connectivity index (χ3n) is 6.40. The molecular formula is C23H21Cl2FN4O3S. The fourth-order valence-electron chi connectivity index (χ4n) is 4.76. The normalized spacial score (nSPS) is 20.1. The van der Waals surface area contributed by atoms with Gasteiger partial charge in [-0.05, 0) is 24.1 Å². The van der Waals surface area contributed by atoms with Crippen molar-refractivity contribution in [3.63, 3.8) is 0 Å². The Labute approximate surface area is 208 Å². The van der Waals surface area contributed by atoms with E-state index in [1.165, 1.54) is 6.08 Å². The molecule has 1 atom stereocenters. The van der Waals surface area contributed by atoms with Crippen LogP contribution in [0.3, 0.4) is 0 Å². The first-order valence-corrected chi connectivity index (χ1v) is 12.4. The molecule has 178 valence electrons. The van der Waals surface area contributed by atoms with E-state index in [1.54, 1.807) is 15.9 Å². The van der Waals surface area contributed by atoms with Crippen LogP contribution in [-0.4, -0.2) is 58.9 Å². The van der Waals surface area contributed by atoms with Crippen LogP contribution in [0.1, 0.15) is 35.2 Å². The molecule has 0 bridgehead atoms. The predicted molar refractivity (Wildman–Crippen MR) is 130 cm³/mol. The summed E-state index contributed by atoms with van der Waals surface area (Å²) in [5.74, 6) is -0.432. The first-order chi connectivity index (χ1) is 16.3. The van der Waals surface area contributed by atoms with Gasteiger partial charge in [0, 0.05) is 38.0 Å². The lowest BCUT2D eigenvalue weighted by atomic mass is 9.95. The van der Waals surface area contributed by atoms with Crippen molar-refractivity contribution in [3.05, 3.63) is 49.8 Å². The molecule has 11 heteroatoms. The van der Waals surface area contributed by atoms with E-state index in [1.807, 2.05) is 0 Å². The summed E-state index contributed by atoms with van der Waals surface area (Å²) in [5.41, 5.74) is 7.26. The highest BCUT2D eigenvalue weighted by Gasteiger charge is 2.36. The molecule has 5 rings (SSSR count). The molecule has 3 aliphatic rings. The second kappa shape index (κ2) is 8.87. The summed E-state index contributed by atoms with van der Waals surface area (Å²) in [6, 6.07) is 1.36. The average Bonchev–Trinajstić information content (AvgIpc) is 3.22. The summed E-state index contributed by atoms with van der Waals surface area (Å²) >= 11 is 14.6. The van der Waals surface area contributed by atoms with Crippen LogP contribution in [0.4, 0.5) is 9.52 Å². The molecule has 0 unspecified atom stereocenters. The van der Waals surface area contributed by atoms with Crippen molar-refractivity contribution in [1.82, 2.24) is 14.8 Å². The quantitative estimate of drug-likeness (QED) is 0.612. The molecule has 2 N–H and O–H groups in total. The van der Waals surface area contributed by atoms with Gasteiger partial charge in [-0.1, -0.05) is 41.1 Å². The lowest BCUT2D eigenvalue weighted by Crippen LogP contribution is -2.57. The summed E-state index contributed by atoms with van der Waals surface area (Å²) in [6.07, 6.45) is 2.34. The minimum atomic E-state index is -0.266. The number of hydrogen-bond donors (Lipinski definition) is 1. The van der Waals surface area contributed by atoms with Gasteiger partial charge in [-0.3, -0.25) is 9.59 Å². The Hall–Kier alpha value is -2.62. The zero-order chi connectivity index (χ0) is 24.1. The van der Waals surface area contributed by atoms with Crippen LogP contribution in [0, 0.1) is 0 Å². The van der Waals surface area contributed by atoms with Gasteiger partial charge >= 0.3 is 0 Å². The van der Waals surface area contributed by atoms with E-state index in [0.29, 0.717) is 60.1 Å². The van der Waals surface area contributed by atoms with Crippen LogP contribution in [0.25, 0.3) is 11.4 Å². The molecule has 1 saturated heterocycles. The molecule has 1 aliphatic carbocycles. The standard InChI is InChI=1S/C23H21Cl2FN4O3S/c1-2-16(31)29-6-7-30-11(10-29)5-8-33-20-13(22(30)32)9-14(24)17(18(20)25)12-3-4-15(26)21-19(12)28-23(27)34-21/h2,9,11H,1,3-8,10H2,(H2,27,28)/t11-/m0/s1. The predicted octanol–water partition coefficient (Wildman–Crippen LogP) is 2.72. The maximum absolute atomic E-state index is 14.4. The molecule has 1 aromatic heterocycles. The van der Waals surface area contributed by atoms with Crippen LogP contribution < -0.4 is 20.4 Å². The number of aromatic nitrogens is 1. The monoisotopic (exact) mass is 522 g/mol. The molecule has 0 spiro atoms. The number of fused-ring (bicyclic) bond motifs is 3. The molecular weight excluding hydrogens is 502 g/mol. The van der Waals surface area contributed by atoms with Gasteiger partial charge in [0.2, 0.25) is 5.91 Å². The first-order valence-electron chi connectivity index (χ1n) is 10.8. The van der Waals surface area contributed by atoms with Gasteiger partial charge in [0.1, 0.15) is 5.83 Å². The number of ether oxygens (including phenoxy) is 1. The topological polar surface area (TPSA) is 88.8 Å². The molecule has 0 saturated carbocycles. The largest absolute Gasteiger partial charge is 0.491 e. The maximum atomic E-state index is 14.4. The number of nitrogens with two attached hydrogens (primary N) is 1. The number of amides is 2. The SMILES string of the molecule is C=CC(=O)N1CCN2C(=O)c3cc(Cl)c(C4=c5nc(N)sc5=C(F)CC4)c(Cl)c3OCC[C@H]2C1. The Morgan fingerprint density at radius 2 is 2.15 bits per heavy atom. The van der Waals surface area contributed by atoms with Crippen LogP contribution >= 0.6 is 34.5 Å². The minimum absolute atomic E-state index is 0.161. The van der Waals surface area contributed by atoms with E-state index in [0.717, 1.165) is 11.3 Å². The molecule has 34 heavy (non-hydrogen) atoms. The van der Waals surface area contributed by atoms with Crippen molar-refractivity contribution < 1.29 is 18.7 Å². The number of anilines is 1. The number of nitrogens with zero attached hydrogens (tertiary/aromatic N) is 3. The highest BCUT2D eigenvalue weighted by Crippen LogP contribution is 2.43. The summed E-state index contributed by atoms with van der Waals surface area (Å²) in [5, 5.41) is 1.14. The summed E-state index contributed by atoms with van der Waals surface area (Å²) < 4.78 is 20.8. The molecule has 2 aliphatic heterocycles. The highest BCUT2D eigenvalue weighted by atomic mass is 35.5. The van der Waals surface area contributed by atoms with E-state index < -0.39 is 0 Å². The first kappa shape index (κ1) is 23.1. The fourth-order valence-corrected chi connectivity index (χ4v) is 6.33. The zero-order valence-corrected chi connectivity index (χ0v) is 20.4. The minimum Gasteiger partial charge on any atom is -0.491 e. The zero-order valence-electron chi connectivity index (χ0n) is 18.1. The summed E-state index contributed by atoms with van der Waals surface area (Å²) in [4.78, 5) is 33.3. The molecule has 3 heterocycles. The third-order valence-corrected chi connectivity index (χ3v) is 7.98. The molecule has 7 nitrogen and oxygen atoms in total. The lowest BCUT2D eigenvalue weighted by molar-refractivity contribution is -0.128. The van der Waals surface area contributed by atoms with Crippen molar-refractivity contribution in [3.8, 4) is 5.75 Å². The van der Waals surface area contributed by atoms with E-state index in [4.69, 9.17) is 33.7 Å². The van der Waals surface area contributed by atoms with E-state index in [2.05, 4.69) is 11.6 Å². The molecule has 2 aromatic rings. The fraction of sp³-hybridized carbons (Fsp3) is 0.348. The lowest BCUT2D eigenvalue weighted by Gasteiger charge is -2.42. The van der Waals surface area contributed by atoms with Crippen molar-refractivity contribution in [2.24, 2.45) is 0 Å². The van der Waals surface area contributed by atoms with Crippen LogP contribution in [-0.2, 0) is 4.79 Å². The van der Waals surface area contributed by atoms with E-state index in [9.17, 15) is 14.0 Å². The van der Waals surface area contributed by atoms with Gasteiger partial charge in [0.15, 0.2) is 10.9 Å². The number of carbonyl (C=O) groups is 2. The average molecular weight is 523 g/mol. The second-order valence-corrected chi connectivity index (χ2v) is 10.1. The number of benzene rings is 1. The van der Waals surface area contributed by atoms with Crippen LogP contribution in [0.2, 0.25) is 10.0 Å². The highest BCUT2D eigenvalue weighted by molar-refractivity contribution is 7.13. The number of piperazine rings is 1. The summed E-state index contributed by atoms with van der Waals surface area (Å²) in [7, 11) is 0. The van der Waals surface area contributed by atoms with Gasteiger partial charge in [-0.15, -0.1) is 0 Å². The van der Waals surface area contributed by atoms with Crippen molar-refractivity contribution in [2.75, 3.05) is 32.0 Å². The Bertz CT molecular complexity index is 1360. The van der Waals surface area contributed by atoms with Gasteiger partial charge in [0.05, 0.1) is 38.1 Å². The Kier molecular flexibility index (Phi) is 6.03. The van der Waals surface area contributed by atoms with Crippen LogP contribution in [0.15, 0.2) is 18.7 Å². The van der Waals surface area contributed by atoms with Crippen molar-refractivity contribution >= 4 is 62.9 Å². The number of rotatable bonds is 2. The van der Waals surface area contributed by atoms with Crippen molar-refractivity contribution in [2.45, 2.75) is 25.3 Å². The van der Waals surface area contributed by atoms with Gasteiger partial charge in [-0.2, -0.15) is 0 Å². The van der Waals surface area contributed by atoms with E-state index >= 15 is 0 Å². The number of carbonyl (C=O) groups excluding carboxylic acids is 2. The van der Waals surface area contributed by atoms with Gasteiger partial charge in [0.25, 0.3) is 5.91 Å². The van der Waals surface area contributed by atoms with Crippen molar-refractivity contribution in [1.29, 1.82) is 0 Å². The Morgan fingerprint density at radius 3 is 2.91 bits per heavy atom. The van der Waals surface area contributed by atoms with Gasteiger partial charge < -0.3 is 20.3 Å². The third kappa shape index (κ3) is 3.76. The number of hydrogen-bond acceptors (Lipinski definition) is 6. The Balaban J connectivity index is 1.59. The maximum Gasteiger partial charge on any atom is 0.258 e.